The van der Waals surface area contributed by atoms with E-state index in [0.29, 0.717) is 0 Å². The molecule has 1 saturated heterocycles. The van der Waals surface area contributed by atoms with Gasteiger partial charge in [-0.05, 0) is 39.2 Å². The summed E-state index contributed by atoms with van der Waals surface area (Å²) in [6.07, 6.45) is 0. The third-order valence-corrected chi connectivity index (χ3v) is 3.98. The van der Waals surface area contributed by atoms with E-state index in [1.54, 1.807) is 19.2 Å². The molecule has 1 aromatic carbocycles. The van der Waals surface area contributed by atoms with Gasteiger partial charge in [0.2, 0.25) is 0 Å². The molecule has 1 aromatic rings. The molecule has 1 heterocycles. The van der Waals surface area contributed by atoms with Gasteiger partial charge in [0, 0.05) is 25.2 Å². The number of rotatable bonds is 2. The first-order valence-corrected chi connectivity index (χ1v) is 6.21. The first kappa shape index (κ1) is 13.3. The standard InChI is InChI=1S/C14H21FN2O/c1-14(10-16(2)7-8-17(14)3)12-9-11(15)5-6-13(12)18-4/h5-6,9H,7-8,10H2,1-4H3. The summed E-state index contributed by atoms with van der Waals surface area (Å²) in [5.41, 5.74) is 0.694. The lowest BCUT2D eigenvalue weighted by molar-refractivity contribution is 0.0360. The molecule has 1 unspecified atom stereocenters. The second-order valence-electron chi connectivity index (χ2n) is 5.28. The molecule has 1 aliphatic rings. The lowest BCUT2D eigenvalue weighted by Crippen LogP contribution is -2.56. The lowest BCUT2D eigenvalue weighted by Gasteiger charge is -2.47. The van der Waals surface area contributed by atoms with Gasteiger partial charge < -0.3 is 9.64 Å². The van der Waals surface area contributed by atoms with Gasteiger partial charge in [0.1, 0.15) is 11.6 Å². The molecule has 0 radical (unpaired) electrons. The molecule has 1 aliphatic heterocycles. The lowest BCUT2D eigenvalue weighted by atomic mass is 9.87. The van der Waals surface area contributed by atoms with Gasteiger partial charge in [0.25, 0.3) is 0 Å². The second-order valence-corrected chi connectivity index (χ2v) is 5.28. The maximum atomic E-state index is 13.5. The van der Waals surface area contributed by atoms with E-state index in [-0.39, 0.29) is 11.4 Å². The average Bonchev–Trinajstić information content (AvgIpc) is 2.34. The van der Waals surface area contributed by atoms with Crippen LogP contribution in [0.2, 0.25) is 0 Å². The van der Waals surface area contributed by atoms with Gasteiger partial charge in [-0.15, -0.1) is 0 Å². The van der Waals surface area contributed by atoms with Crippen LogP contribution < -0.4 is 4.74 Å². The quantitative estimate of drug-likeness (QED) is 0.800. The Bertz CT molecular complexity index is 438. The van der Waals surface area contributed by atoms with Crippen molar-refractivity contribution >= 4 is 0 Å². The molecule has 0 aromatic heterocycles. The molecule has 0 amide bonds. The van der Waals surface area contributed by atoms with E-state index in [4.69, 9.17) is 4.74 Å². The molecule has 0 N–H and O–H groups in total. The van der Waals surface area contributed by atoms with Crippen LogP contribution in [-0.2, 0) is 5.54 Å². The first-order chi connectivity index (χ1) is 8.47. The van der Waals surface area contributed by atoms with Crippen LogP contribution in [0.4, 0.5) is 4.39 Å². The number of ether oxygens (including phenoxy) is 1. The number of nitrogens with zero attached hydrogens (tertiary/aromatic N) is 2. The molecule has 0 spiro atoms. The van der Waals surface area contributed by atoms with Crippen LogP contribution in [0.3, 0.4) is 0 Å². The minimum atomic E-state index is -0.222. The van der Waals surface area contributed by atoms with Gasteiger partial charge in [0.05, 0.1) is 12.6 Å². The Balaban J connectivity index is 2.47. The number of hydrogen-bond acceptors (Lipinski definition) is 3. The number of halogens is 1. The van der Waals surface area contributed by atoms with Crippen LogP contribution in [-0.4, -0.2) is 50.6 Å². The molecule has 1 fully saturated rings. The first-order valence-electron chi connectivity index (χ1n) is 6.21. The van der Waals surface area contributed by atoms with E-state index in [1.165, 1.54) is 6.07 Å². The van der Waals surface area contributed by atoms with Crippen molar-refractivity contribution < 1.29 is 9.13 Å². The summed E-state index contributed by atoms with van der Waals surface area (Å²) < 4.78 is 18.9. The topological polar surface area (TPSA) is 15.7 Å². The summed E-state index contributed by atoms with van der Waals surface area (Å²) in [5.74, 6) is 0.537. The summed E-state index contributed by atoms with van der Waals surface area (Å²) in [6.45, 7) is 5.00. The van der Waals surface area contributed by atoms with Crippen LogP contribution in [0.1, 0.15) is 12.5 Å². The maximum absolute atomic E-state index is 13.5. The highest BCUT2D eigenvalue weighted by molar-refractivity contribution is 5.40. The molecule has 0 saturated carbocycles. The minimum absolute atomic E-state index is 0.214. The Morgan fingerprint density at radius 3 is 2.67 bits per heavy atom. The van der Waals surface area contributed by atoms with Crippen LogP contribution in [0.25, 0.3) is 0 Å². The van der Waals surface area contributed by atoms with Crippen molar-refractivity contribution in [2.75, 3.05) is 40.8 Å². The van der Waals surface area contributed by atoms with E-state index in [2.05, 4.69) is 30.8 Å². The van der Waals surface area contributed by atoms with Crippen molar-refractivity contribution in [1.29, 1.82) is 0 Å². The van der Waals surface area contributed by atoms with Crippen molar-refractivity contribution in [3.8, 4) is 5.75 Å². The SMILES string of the molecule is COc1ccc(F)cc1C1(C)CN(C)CCN1C. The number of piperazine rings is 1. The highest BCUT2D eigenvalue weighted by atomic mass is 19.1. The number of benzene rings is 1. The molecule has 100 valence electrons. The Hall–Kier alpha value is -1.13. The molecule has 0 bridgehead atoms. The molecule has 2 rings (SSSR count). The fraction of sp³-hybridized carbons (Fsp3) is 0.571. The molecular formula is C14H21FN2O. The zero-order chi connectivity index (χ0) is 13.3. The van der Waals surface area contributed by atoms with E-state index < -0.39 is 0 Å². The number of methoxy groups -OCH3 is 1. The van der Waals surface area contributed by atoms with Gasteiger partial charge in [-0.25, -0.2) is 4.39 Å². The minimum Gasteiger partial charge on any atom is -0.496 e. The Kier molecular flexibility index (Phi) is 3.59. The van der Waals surface area contributed by atoms with Crippen molar-refractivity contribution in [3.05, 3.63) is 29.6 Å². The van der Waals surface area contributed by atoms with Crippen molar-refractivity contribution in [1.82, 2.24) is 9.80 Å². The molecule has 18 heavy (non-hydrogen) atoms. The van der Waals surface area contributed by atoms with Crippen LogP contribution in [0.15, 0.2) is 18.2 Å². The van der Waals surface area contributed by atoms with Crippen LogP contribution in [0.5, 0.6) is 5.75 Å². The summed E-state index contributed by atoms with van der Waals surface area (Å²) in [7, 11) is 5.81. The largest absolute Gasteiger partial charge is 0.496 e. The van der Waals surface area contributed by atoms with E-state index in [9.17, 15) is 4.39 Å². The van der Waals surface area contributed by atoms with Gasteiger partial charge >= 0.3 is 0 Å². The van der Waals surface area contributed by atoms with Gasteiger partial charge in [0.15, 0.2) is 0 Å². The summed E-state index contributed by atoms with van der Waals surface area (Å²) in [5, 5.41) is 0. The fourth-order valence-electron chi connectivity index (χ4n) is 2.68. The Labute approximate surface area is 108 Å². The number of likely N-dealkylation sites (N-methyl/N-ethyl adjacent to an activating group) is 2. The third kappa shape index (κ3) is 2.22. The maximum Gasteiger partial charge on any atom is 0.124 e. The molecule has 0 aliphatic carbocycles. The van der Waals surface area contributed by atoms with Gasteiger partial charge in [-0.2, -0.15) is 0 Å². The summed E-state index contributed by atoms with van der Waals surface area (Å²) in [4.78, 5) is 4.54. The molecule has 1 atom stereocenters. The van der Waals surface area contributed by atoms with Crippen LogP contribution >= 0.6 is 0 Å². The van der Waals surface area contributed by atoms with E-state index >= 15 is 0 Å². The van der Waals surface area contributed by atoms with Crippen LogP contribution in [0, 0.1) is 5.82 Å². The highest BCUT2D eigenvalue weighted by Gasteiger charge is 2.38. The molecular weight excluding hydrogens is 231 g/mol. The van der Waals surface area contributed by atoms with Crippen molar-refractivity contribution in [2.45, 2.75) is 12.5 Å². The zero-order valence-electron chi connectivity index (χ0n) is 11.5. The van der Waals surface area contributed by atoms with Gasteiger partial charge in [-0.1, -0.05) is 0 Å². The number of hydrogen-bond donors (Lipinski definition) is 0. The smallest absolute Gasteiger partial charge is 0.124 e. The zero-order valence-corrected chi connectivity index (χ0v) is 11.5. The van der Waals surface area contributed by atoms with Crippen molar-refractivity contribution in [2.24, 2.45) is 0 Å². The predicted octanol–water partition coefficient (Wildman–Crippen LogP) is 1.93. The van der Waals surface area contributed by atoms with E-state index in [1.807, 2.05) is 0 Å². The predicted molar refractivity (Wildman–Crippen MR) is 70.4 cm³/mol. The average molecular weight is 252 g/mol. The summed E-state index contributed by atoms with van der Waals surface area (Å²) in [6, 6.07) is 4.74. The fourth-order valence-corrected chi connectivity index (χ4v) is 2.68. The Morgan fingerprint density at radius 2 is 2.00 bits per heavy atom. The van der Waals surface area contributed by atoms with Gasteiger partial charge in [-0.3, -0.25) is 4.90 Å². The molecule has 3 nitrogen and oxygen atoms in total. The Morgan fingerprint density at radius 1 is 1.28 bits per heavy atom. The normalized spacial score (nSPS) is 26.3. The monoisotopic (exact) mass is 252 g/mol. The summed E-state index contributed by atoms with van der Waals surface area (Å²) >= 11 is 0. The third-order valence-electron chi connectivity index (χ3n) is 3.98. The van der Waals surface area contributed by atoms with E-state index in [0.717, 1.165) is 30.9 Å². The molecule has 4 heteroatoms. The second kappa shape index (κ2) is 4.86. The highest BCUT2D eigenvalue weighted by Crippen LogP contribution is 2.36. The van der Waals surface area contributed by atoms with Crippen molar-refractivity contribution in [3.63, 3.8) is 0 Å².